The van der Waals surface area contributed by atoms with Crippen molar-refractivity contribution in [1.82, 2.24) is 4.90 Å². The van der Waals surface area contributed by atoms with E-state index < -0.39 is 6.43 Å². The van der Waals surface area contributed by atoms with Gasteiger partial charge in [0.1, 0.15) is 0 Å². The molecule has 1 saturated heterocycles. The van der Waals surface area contributed by atoms with Crippen LogP contribution in [-0.2, 0) is 0 Å². The van der Waals surface area contributed by atoms with Gasteiger partial charge in [0.25, 0.3) is 6.43 Å². The van der Waals surface area contributed by atoms with Crippen LogP contribution in [0.4, 0.5) is 8.78 Å². The SMILES string of the molecule is CC(N)C1CCCCN1CC(F)F. The first-order chi connectivity index (χ1) is 6.11. The third-order valence-corrected chi connectivity index (χ3v) is 2.64. The minimum absolute atomic E-state index is 0.000880. The maximum atomic E-state index is 12.2. The lowest BCUT2D eigenvalue weighted by Crippen LogP contribution is -2.50. The Balaban J connectivity index is 2.46. The van der Waals surface area contributed by atoms with Gasteiger partial charge in [-0.1, -0.05) is 6.42 Å². The van der Waals surface area contributed by atoms with Crippen molar-refractivity contribution in [2.75, 3.05) is 13.1 Å². The second-order valence-corrected chi connectivity index (χ2v) is 3.81. The molecule has 78 valence electrons. The summed E-state index contributed by atoms with van der Waals surface area (Å²) in [6.45, 7) is 2.55. The Morgan fingerprint density at radius 1 is 1.46 bits per heavy atom. The summed E-state index contributed by atoms with van der Waals surface area (Å²) in [6, 6.07) is 0.154. The molecule has 0 aromatic carbocycles. The molecule has 0 radical (unpaired) electrons. The van der Waals surface area contributed by atoms with E-state index in [2.05, 4.69) is 0 Å². The van der Waals surface area contributed by atoms with Gasteiger partial charge in [-0.25, -0.2) is 8.78 Å². The van der Waals surface area contributed by atoms with Crippen LogP contribution in [-0.4, -0.2) is 36.5 Å². The molecule has 1 aliphatic heterocycles. The third kappa shape index (κ3) is 3.19. The molecule has 0 bridgehead atoms. The van der Waals surface area contributed by atoms with E-state index in [1.807, 2.05) is 11.8 Å². The zero-order chi connectivity index (χ0) is 9.84. The van der Waals surface area contributed by atoms with Gasteiger partial charge in [-0.2, -0.15) is 0 Å². The molecule has 1 aliphatic rings. The summed E-state index contributed by atoms with van der Waals surface area (Å²) >= 11 is 0. The molecule has 4 heteroatoms. The van der Waals surface area contributed by atoms with Crippen LogP contribution in [0.2, 0.25) is 0 Å². The number of hydrogen-bond donors (Lipinski definition) is 1. The van der Waals surface area contributed by atoms with Crippen molar-refractivity contribution in [3.8, 4) is 0 Å². The number of alkyl halides is 2. The summed E-state index contributed by atoms with van der Waals surface area (Å²) in [7, 11) is 0. The Morgan fingerprint density at radius 3 is 2.69 bits per heavy atom. The highest BCUT2D eigenvalue weighted by atomic mass is 19.3. The number of hydrogen-bond acceptors (Lipinski definition) is 2. The number of nitrogens with zero attached hydrogens (tertiary/aromatic N) is 1. The first-order valence-electron chi connectivity index (χ1n) is 4.89. The lowest BCUT2D eigenvalue weighted by Gasteiger charge is -2.37. The fourth-order valence-electron chi connectivity index (χ4n) is 2.02. The normalized spacial score (nSPS) is 27.9. The second kappa shape index (κ2) is 4.86. The van der Waals surface area contributed by atoms with Gasteiger partial charge in [-0.05, 0) is 26.3 Å². The van der Waals surface area contributed by atoms with Crippen molar-refractivity contribution in [3.63, 3.8) is 0 Å². The van der Waals surface area contributed by atoms with Gasteiger partial charge in [0.05, 0.1) is 6.54 Å². The number of halogens is 2. The Hall–Kier alpha value is -0.220. The molecule has 0 saturated carbocycles. The number of rotatable bonds is 3. The van der Waals surface area contributed by atoms with Crippen molar-refractivity contribution >= 4 is 0 Å². The highest BCUT2D eigenvalue weighted by Gasteiger charge is 2.26. The first kappa shape index (κ1) is 10.9. The number of piperidine rings is 1. The van der Waals surface area contributed by atoms with E-state index in [0.29, 0.717) is 0 Å². The van der Waals surface area contributed by atoms with Crippen molar-refractivity contribution in [1.29, 1.82) is 0 Å². The van der Waals surface area contributed by atoms with E-state index in [0.717, 1.165) is 25.8 Å². The van der Waals surface area contributed by atoms with E-state index in [4.69, 9.17) is 5.73 Å². The van der Waals surface area contributed by atoms with Gasteiger partial charge in [0.15, 0.2) is 0 Å². The van der Waals surface area contributed by atoms with Crippen molar-refractivity contribution in [2.24, 2.45) is 5.73 Å². The Kier molecular flexibility index (Phi) is 4.06. The molecule has 2 atom stereocenters. The second-order valence-electron chi connectivity index (χ2n) is 3.81. The van der Waals surface area contributed by atoms with Gasteiger partial charge in [-0.3, -0.25) is 4.90 Å². The molecule has 1 heterocycles. The predicted octanol–water partition coefficient (Wildman–Crippen LogP) is 1.45. The first-order valence-corrected chi connectivity index (χ1v) is 4.89. The monoisotopic (exact) mass is 192 g/mol. The minimum Gasteiger partial charge on any atom is -0.327 e. The average Bonchev–Trinajstić information content (AvgIpc) is 2.03. The Bertz CT molecular complexity index is 151. The molecule has 2 unspecified atom stereocenters. The van der Waals surface area contributed by atoms with E-state index >= 15 is 0 Å². The molecule has 0 aromatic heterocycles. The molecule has 1 rings (SSSR count). The summed E-state index contributed by atoms with van der Waals surface area (Å²) < 4.78 is 24.3. The van der Waals surface area contributed by atoms with Gasteiger partial charge < -0.3 is 5.73 Å². The summed E-state index contributed by atoms with van der Waals surface area (Å²) in [4.78, 5) is 1.83. The average molecular weight is 192 g/mol. The maximum Gasteiger partial charge on any atom is 0.251 e. The summed E-state index contributed by atoms with van der Waals surface area (Å²) in [5.41, 5.74) is 5.75. The number of nitrogens with two attached hydrogens (primary N) is 1. The fraction of sp³-hybridized carbons (Fsp3) is 1.00. The summed E-state index contributed by atoms with van der Waals surface area (Å²) in [6.07, 6.45) is 0.867. The van der Waals surface area contributed by atoms with Crippen molar-refractivity contribution in [2.45, 2.75) is 44.7 Å². The molecular formula is C9H18F2N2. The maximum absolute atomic E-state index is 12.2. The summed E-state index contributed by atoms with van der Waals surface area (Å²) in [5, 5.41) is 0. The quantitative estimate of drug-likeness (QED) is 0.733. The predicted molar refractivity (Wildman–Crippen MR) is 48.9 cm³/mol. The highest BCUT2D eigenvalue weighted by Crippen LogP contribution is 2.19. The molecule has 0 spiro atoms. The van der Waals surface area contributed by atoms with Crippen LogP contribution < -0.4 is 5.73 Å². The van der Waals surface area contributed by atoms with Crippen molar-refractivity contribution < 1.29 is 8.78 Å². The van der Waals surface area contributed by atoms with Crippen LogP contribution in [0.1, 0.15) is 26.2 Å². The van der Waals surface area contributed by atoms with Gasteiger partial charge in [0.2, 0.25) is 0 Å². The third-order valence-electron chi connectivity index (χ3n) is 2.64. The molecule has 0 aliphatic carbocycles. The van der Waals surface area contributed by atoms with Crippen molar-refractivity contribution in [3.05, 3.63) is 0 Å². The van der Waals surface area contributed by atoms with Crippen LogP contribution in [0.25, 0.3) is 0 Å². The Labute approximate surface area is 78.1 Å². The van der Waals surface area contributed by atoms with Gasteiger partial charge in [0, 0.05) is 12.1 Å². The van der Waals surface area contributed by atoms with Gasteiger partial charge in [-0.15, -0.1) is 0 Å². The molecule has 0 aromatic rings. The van der Waals surface area contributed by atoms with E-state index in [1.54, 1.807) is 0 Å². The molecule has 2 N–H and O–H groups in total. The molecule has 2 nitrogen and oxygen atoms in total. The van der Waals surface area contributed by atoms with Crippen LogP contribution in [0.5, 0.6) is 0 Å². The highest BCUT2D eigenvalue weighted by molar-refractivity contribution is 4.83. The minimum atomic E-state index is -2.24. The van der Waals surface area contributed by atoms with Crippen LogP contribution >= 0.6 is 0 Å². The van der Waals surface area contributed by atoms with Crippen LogP contribution in [0, 0.1) is 0 Å². The zero-order valence-corrected chi connectivity index (χ0v) is 8.05. The topological polar surface area (TPSA) is 29.3 Å². The van der Waals surface area contributed by atoms with E-state index in [9.17, 15) is 8.78 Å². The number of likely N-dealkylation sites (tertiary alicyclic amines) is 1. The van der Waals surface area contributed by atoms with Crippen LogP contribution in [0.15, 0.2) is 0 Å². The van der Waals surface area contributed by atoms with Gasteiger partial charge >= 0.3 is 0 Å². The van der Waals surface area contributed by atoms with E-state index in [1.165, 1.54) is 0 Å². The molecule has 1 fully saturated rings. The summed E-state index contributed by atoms with van der Waals surface area (Å²) in [5.74, 6) is 0. The lowest BCUT2D eigenvalue weighted by molar-refractivity contribution is 0.0429. The fourth-order valence-corrected chi connectivity index (χ4v) is 2.02. The van der Waals surface area contributed by atoms with Crippen LogP contribution in [0.3, 0.4) is 0 Å². The standard InChI is InChI=1S/C9H18F2N2/c1-7(12)8-4-2-3-5-13(8)6-9(10)11/h7-9H,2-6,12H2,1H3. The molecule has 0 amide bonds. The Morgan fingerprint density at radius 2 is 2.15 bits per heavy atom. The molecular weight excluding hydrogens is 174 g/mol. The zero-order valence-electron chi connectivity index (χ0n) is 8.05. The smallest absolute Gasteiger partial charge is 0.251 e. The molecule has 13 heavy (non-hydrogen) atoms. The lowest BCUT2D eigenvalue weighted by atomic mass is 9.97. The van der Waals surface area contributed by atoms with E-state index in [-0.39, 0.29) is 18.6 Å². The largest absolute Gasteiger partial charge is 0.327 e.